The van der Waals surface area contributed by atoms with E-state index in [0.717, 1.165) is 0 Å². The van der Waals surface area contributed by atoms with Crippen LogP contribution in [0.1, 0.15) is 6.92 Å². The number of benzene rings is 1. The zero-order valence-electron chi connectivity index (χ0n) is 13.0. The Kier molecular flexibility index (Phi) is 6.57. The molecule has 1 aromatic carbocycles. The average Bonchev–Trinajstić information content (AvgIpc) is 2.56. The number of piperazine rings is 1. The molecule has 132 valence electrons. The smallest absolute Gasteiger partial charge is 0.260 e. The number of ether oxygens (including phenoxy) is 1. The molecule has 2 amide bonds. The van der Waals surface area contributed by atoms with E-state index in [1.807, 2.05) is 0 Å². The van der Waals surface area contributed by atoms with Crippen molar-refractivity contribution in [1.82, 2.24) is 9.80 Å². The van der Waals surface area contributed by atoms with Gasteiger partial charge in [-0.25, -0.2) is 0 Å². The Labute approximate surface area is 154 Å². The number of nitrogens with zero attached hydrogens (tertiary/aromatic N) is 2. The fraction of sp³-hybridized carbons (Fsp3) is 0.467. The summed E-state index contributed by atoms with van der Waals surface area (Å²) in [5.41, 5.74) is 0. The van der Waals surface area contributed by atoms with Gasteiger partial charge >= 0.3 is 0 Å². The van der Waals surface area contributed by atoms with Crippen molar-refractivity contribution >= 4 is 46.6 Å². The Bertz CT molecular complexity index is 631. The van der Waals surface area contributed by atoms with Gasteiger partial charge in [0, 0.05) is 32.2 Å². The van der Waals surface area contributed by atoms with Crippen LogP contribution in [-0.4, -0.2) is 65.6 Å². The van der Waals surface area contributed by atoms with Gasteiger partial charge in [-0.1, -0.05) is 34.8 Å². The number of aliphatic hydroxyl groups excluding tert-OH is 1. The van der Waals surface area contributed by atoms with Crippen molar-refractivity contribution in [3.8, 4) is 5.75 Å². The highest BCUT2D eigenvalue weighted by Gasteiger charge is 2.26. The van der Waals surface area contributed by atoms with Crippen molar-refractivity contribution in [2.75, 3.05) is 32.8 Å². The third kappa shape index (κ3) is 4.66. The van der Waals surface area contributed by atoms with Crippen LogP contribution in [0.3, 0.4) is 0 Å². The van der Waals surface area contributed by atoms with Crippen molar-refractivity contribution in [3.63, 3.8) is 0 Å². The number of amides is 2. The van der Waals surface area contributed by atoms with Crippen LogP contribution in [0.15, 0.2) is 12.1 Å². The van der Waals surface area contributed by atoms with Crippen molar-refractivity contribution < 1.29 is 19.4 Å². The topological polar surface area (TPSA) is 70.1 Å². The van der Waals surface area contributed by atoms with Crippen LogP contribution in [0.2, 0.25) is 15.1 Å². The second kappa shape index (κ2) is 8.25. The highest BCUT2D eigenvalue weighted by molar-refractivity contribution is 6.43. The van der Waals surface area contributed by atoms with Gasteiger partial charge in [-0.15, -0.1) is 0 Å². The van der Waals surface area contributed by atoms with Crippen LogP contribution in [-0.2, 0) is 9.59 Å². The van der Waals surface area contributed by atoms with Gasteiger partial charge in [-0.3, -0.25) is 9.59 Å². The number of rotatable bonds is 4. The number of halogens is 3. The monoisotopic (exact) mass is 394 g/mol. The summed E-state index contributed by atoms with van der Waals surface area (Å²) in [6, 6.07) is 2.91. The van der Waals surface area contributed by atoms with Gasteiger partial charge in [0.15, 0.2) is 6.61 Å². The number of aliphatic hydroxyl groups is 1. The predicted molar refractivity (Wildman–Crippen MR) is 91.8 cm³/mol. The second-order valence-electron chi connectivity index (χ2n) is 5.37. The van der Waals surface area contributed by atoms with Gasteiger partial charge in [0.05, 0.1) is 15.1 Å². The van der Waals surface area contributed by atoms with Crippen LogP contribution in [0.25, 0.3) is 0 Å². The first-order chi connectivity index (χ1) is 11.3. The molecular weight excluding hydrogens is 379 g/mol. The molecule has 1 heterocycles. The number of hydrogen-bond acceptors (Lipinski definition) is 4. The lowest BCUT2D eigenvalue weighted by molar-refractivity contribution is -0.145. The van der Waals surface area contributed by atoms with Gasteiger partial charge in [-0.2, -0.15) is 0 Å². The molecular formula is C15H17Cl3N2O4. The fourth-order valence-corrected chi connectivity index (χ4v) is 2.88. The van der Waals surface area contributed by atoms with Gasteiger partial charge < -0.3 is 19.6 Å². The summed E-state index contributed by atoms with van der Waals surface area (Å²) in [6.07, 6.45) is -1.03. The van der Waals surface area contributed by atoms with E-state index >= 15 is 0 Å². The fourth-order valence-electron chi connectivity index (χ4n) is 2.29. The van der Waals surface area contributed by atoms with Gasteiger partial charge in [0.1, 0.15) is 11.9 Å². The number of carbonyl (C=O) groups is 2. The van der Waals surface area contributed by atoms with E-state index in [1.54, 1.807) is 4.90 Å². The predicted octanol–water partition coefficient (Wildman–Crippen LogP) is 2.08. The molecule has 1 aliphatic rings. The maximum atomic E-state index is 12.2. The average molecular weight is 396 g/mol. The molecule has 0 aliphatic carbocycles. The highest BCUT2D eigenvalue weighted by atomic mass is 35.5. The molecule has 0 spiro atoms. The number of carbonyl (C=O) groups excluding carboxylic acids is 2. The largest absolute Gasteiger partial charge is 0.482 e. The molecule has 1 aliphatic heterocycles. The lowest BCUT2D eigenvalue weighted by Crippen LogP contribution is -2.53. The van der Waals surface area contributed by atoms with Crippen molar-refractivity contribution in [1.29, 1.82) is 0 Å². The normalized spacial score (nSPS) is 16.0. The van der Waals surface area contributed by atoms with Crippen molar-refractivity contribution in [2.24, 2.45) is 0 Å². The summed E-state index contributed by atoms with van der Waals surface area (Å²) >= 11 is 17.7. The van der Waals surface area contributed by atoms with Gasteiger partial charge in [0.25, 0.3) is 11.8 Å². The van der Waals surface area contributed by atoms with Crippen LogP contribution in [0.5, 0.6) is 5.75 Å². The summed E-state index contributed by atoms with van der Waals surface area (Å²) in [4.78, 5) is 27.0. The summed E-state index contributed by atoms with van der Waals surface area (Å²) in [7, 11) is 0. The summed E-state index contributed by atoms with van der Waals surface area (Å²) < 4.78 is 5.41. The molecule has 24 heavy (non-hydrogen) atoms. The molecule has 0 bridgehead atoms. The Morgan fingerprint density at radius 2 is 1.62 bits per heavy atom. The van der Waals surface area contributed by atoms with E-state index in [1.165, 1.54) is 24.0 Å². The lowest BCUT2D eigenvalue weighted by Gasteiger charge is -2.35. The zero-order valence-corrected chi connectivity index (χ0v) is 15.2. The van der Waals surface area contributed by atoms with Crippen LogP contribution >= 0.6 is 34.8 Å². The Morgan fingerprint density at radius 1 is 1.08 bits per heavy atom. The molecule has 2 rings (SSSR count). The van der Waals surface area contributed by atoms with E-state index in [-0.39, 0.29) is 34.2 Å². The maximum Gasteiger partial charge on any atom is 0.260 e. The van der Waals surface area contributed by atoms with E-state index in [0.29, 0.717) is 31.2 Å². The molecule has 0 aromatic heterocycles. The Balaban J connectivity index is 1.86. The van der Waals surface area contributed by atoms with E-state index in [9.17, 15) is 14.7 Å². The third-order valence-electron chi connectivity index (χ3n) is 3.63. The van der Waals surface area contributed by atoms with Crippen LogP contribution in [0, 0.1) is 0 Å². The molecule has 1 fully saturated rings. The summed E-state index contributed by atoms with van der Waals surface area (Å²) in [6.45, 7) is 2.76. The summed E-state index contributed by atoms with van der Waals surface area (Å²) in [5.74, 6) is -0.274. The standard InChI is InChI=1S/C15H17Cl3N2O4/c1-9(21)15(23)20-4-2-19(3-5-20)14(22)8-24-13-7-11(17)10(16)6-12(13)18/h6-7,9,21H,2-5,8H2,1H3/t9-/m0/s1. The summed E-state index contributed by atoms with van der Waals surface area (Å²) in [5, 5.41) is 10.2. The van der Waals surface area contributed by atoms with E-state index < -0.39 is 6.10 Å². The minimum atomic E-state index is -1.03. The Hall–Kier alpha value is -1.21. The molecule has 0 radical (unpaired) electrons. The minimum absolute atomic E-state index is 0.192. The van der Waals surface area contributed by atoms with E-state index in [4.69, 9.17) is 39.5 Å². The molecule has 1 saturated heterocycles. The minimum Gasteiger partial charge on any atom is -0.482 e. The maximum absolute atomic E-state index is 12.2. The molecule has 1 aromatic rings. The van der Waals surface area contributed by atoms with Crippen molar-refractivity contribution in [2.45, 2.75) is 13.0 Å². The zero-order chi connectivity index (χ0) is 17.9. The highest BCUT2D eigenvalue weighted by Crippen LogP contribution is 2.33. The first kappa shape index (κ1) is 19.1. The molecule has 0 unspecified atom stereocenters. The molecule has 1 N–H and O–H groups in total. The molecule has 9 heteroatoms. The molecule has 0 saturated carbocycles. The first-order valence-corrected chi connectivity index (χ1v) is 8.45. The number of hydrogen-bond donors (Lipinski definition) is 1. The third-order valence-corrected chi connectivity index (χ3v) is 4.64. The Morgan fingerprint density at radius 3 is 2.21 bits per heavy atom. The van der Waals surface area contributed by atoms with Gasteiger partial charge in [0.2, 0.25) is 0 Å². The second-order valence-corrected chi connectivity index (χ2v) is 6.59. The SMILES string of the molecule is C[C@H](O)C(=O)N1CCN(C(=O)COc2cc(Cl)c(Cl)cc2Cl)CC1. The lowest BCUT2D eigenvalue weighted by atomic mass is 10.2. The quantitative estimate of drug-likeness (QED) is 0.793. The van der Waals surface area contributed by atoms with Crippen molar-refractivity contribution in [3.05, 3.63) is 27.2 Å². The van der Waals surface area contributed by atoms with Crippen LogP contribution < -0.4 is 4.74 Å². The van der Waals surface area contributed by atoms with Crippen LogP contribution in [0.4, 0.5) is 0 Å². The van der Waals surface area contributed by atoms with Gasteiger partial charge in [-0.05, 0) is 13.0 Å². The molecule has 1 atom stereocenters. The van der Waals surface area contributed by atoms with E-state index in [2.05, 4.69) is 0 Å². The molecule has 6 nitrogen and oxygen atoms in total. The first-order valence-electron chi connectivity index (χ1n) is 7.31.